The van der Waals surface area contributed by atoms with Crippen LogP contribution in [0.5, 0.6) is 0 Å². The summed E-state index contributed by atoms with van der Waals surface area (Å²) < 4.78 is 50.5. The van der Waals surface area contributed by atoms with Crippen molar-refractivity contribution in [3.8, 4) is 0 Å². The van der Waals surface area contributed by atoms with Gasteiger partial charge >= 0.3 is 0 Å². The Morgan fingerprint density at radius 1 is 0.857 bits per heavy atom. The molecule has 1 aliphatic heterocycles. The van der Waals surface area contributed by atoms with Gasteiger partial charge in [0, 0.05) is 38.5 Å². The fourth-order valence-electron chi connectivity index (χ4n) is 5.08. The van der Waals surface area contributed by atoms with E-state index < -0.39 is 19.9 Å². The van der Waals surface area contributed by atoms with Crippen molar-refractivity contribution in [2.24, 2.45) is 5.92 Å². The zero-order valence-corrected chi connectivity index (χ0v) is 26.9. The second kappa shape index (κ2) is 16.5. The van der Waals surface area contributed by atoms with Crippen molar-refractivity contribution in [3.05, 3.63) is 65.7 Å². The molecule has 11 heteroatoms. The number of nitrogens with zero attached hydrogens (tertiary/aromatic N) is 2. The number of benzene rings is 2. The minimum Gasteiger partial charge on any atom is -0.342 e. The lowest BCUT2D eigenvalue weighted by molar-refractivity contribution is -0.130. The molecule has 1 saturated heterocycles. The first-order valence-corrected chi connectivity index (χ1v) is 18.5. The Kier molecular flexibility index (Phi) is 13.4. The first-order valence-electron chi connectivity index (χ1n) is 15.0. The van der Waals surface area contributed by atoms with Crippen molar-refractivity contribution < 1.29 is 21.6 Å². The summed E-state index contributed by atoms with van der Waals surface area (Å²) in [5.74, 6) is 0.238. The summed E-state index contributed by atoms with van der Waals surface area (Å²) in [6, 6.07) is 17.5. The number of hydrogen-bond donors (Lipinski definition) is 2. The molecule has 234 valence electrons. The summed E-state index contributed by atoms with van der Waals surface area (Å²) >= 11 is 0. The molecule has 0 radical (unpaired) electrons. The number of nitrogens with one attached hydrogen (secondary N) is 2. The lowest BCUT2D eigenvalue weighted by Crippen LogP contribution is -2.42. The third-order valence-electron chi connectivity index (χ3n) is 7.95. The van der Waals surface area contributed by atoms with Crippen molar-refractivity contribution in [2.45, 2.75) is 56.9 Å². The number of carbonyl (C=O) groups is 1. The fourth-order valence-corrected chi connectivity index (χ4v) is 7.08. The highest BCUT2D eigenvalue weighted by molar-refractivity contribution is 7.90. The lowest BCUT2D eigenvalue weighted by Gasteiger charge is -2.23. The maximum atomic E-state index is 12.9. The van der Waals surface area contributed by atoms with E-state index in [2.05, 4.69) is 36.6 Å². The van der Waals surface area contributed by atoms with Crippen molar-refractivity contribution in [3.63, 3.8) is 0 Å². The van der Waals surface area contributed by atoms with Gasteiger partial charge < -0.3 is 15.5 Å². The van der Waals surface area contributed by atoms with Crippen LogP contribution >= 0.6 is 0 Å². The van der Waals surface area contributed by atoms with E-state index in [0.717, 1.165) is 37.8 Å². The SMILES string of the molecule is CC(Cc1ccc(S(C)(=O)=O)cc1)C(C)NCCCCN1CCCN(S(=O)(=O)CCNCCc2ccccc2)CC1=O. The number of rotatable bonds is 17. The van der Waals surface area contributed by atoms with Gasteiger partial charge in [0.25, 0.3) is 0 Å². The maximum Gasteiger partial charge on any atom is 0.237 e. The largest absolute Gasteiger partial charge is 0.342 e. The second-order valence-corrected chi connectivity index (χ2v) is 15.5. The molecule has 1 fully saturated rings. The van der Waals surface area contributed by atoms with Gasteiger partial charge in [-0.25, -0.2) is 16.8 Å². The molecule has 1 aliphatic rings. The molecule has 2 aromatic rings. The van der Waals surface area contributed by atoms with Gasteiger partial charge in [0.2, 0.25) is 15.9 Å². The minimum absolute atomic E-state index is 0.0106. The number of amides is 1. The van der Waals surface area contributed by atoms with Gasteiger partial charge in [-0.2, -0.15) is 4.31 Å². The molecule has 0 spiro atoms. The minimum atomic E-state index is -3.50. The van der Waals surface area contributed by atoms with Gasteiger partial charge in [-0.15, -0.1) is 0 Å². The summed E-state index contributed by atoms with van der Waals surface area (Å²) in [4.78, 5) is 15.0. The predicted molar refractivity (Wildman–Crippen MR) is 169 cm³/mol. The molecule has 0 saturated carbocycles. The van der Waals surface area contributed by atoms with Crippen LogP contribution < -0.4 is 10.6 Å². The van der Waals surface area contributed by atoms with Crippen LogP contribution in [0.1, 0.15) is 44.2 Å². The quantitative estimate of drug-likeness (QED) is 0.261. The van der Waals surface area contributed by atoms with E-state index in [1.54, 1.807) is 17.0 Å². The molecule has 2 N–H and O–H groups in total. The standard InChI is InChI=1S/C31H48N4O5S2/c1-26(24-29-12-14-30(15-13-29)41(3,37)38)27(2)33-17-7-8-20-34-21-9-22-35(25-31(34)36)42(39,40)23-19-32-18-16-28-10-5-4-6-11-28/h4-6,10-15,26-27,32-33H,7-9,16-25H2,1-3H3. The highest BCUT2D eigenvalue weighted by Crippen LogP contribution is 2.16. The fraction of sp³-hybridized carbons (Fsp3) is 0.581. The first kappa shape index (κ1) is 34.2. The van der Waals surface area contributed by atoms with E-state index in [4.69, 9.17) is 0 Å². The molecular weight excluding hydrogens is 572 g/mol. The van der Waals surface area contributed by atoms with Crippen LogP contribution in [0.2, 0.25) is 0 Å². The smallest absolute Gasteiger partial charge is 0.237 e. The van der Waals surface area contributed by atoms with Crippen LogP contribution in [-0.2, 0) is 37.5 Å². The Balaban J connectivity index is 1.31. The van der Waals surface area contributed by atoms with E-state index in [-0.39, 0.29) is 24.2 Å². The summed E-state index contributed by atoms with van der Waals surface area (Å²) in [7, 11) is -6.69. The summed E-state index contributed by atoms with van der Waals surface area (Å²) in [6.45, 7) is 7.75. The van der Waals surface area contributed by atoms with E-state index in [1.807, 2.05) is 30.3 Å². The molecule has 2 aromatic carbocycles. The van der Waals surface area contributed by atoms with Crippen molar-refractivity contribution in [2.75, 3.05) is 57.8 Å². The van der Waals surface area contributed by atoms with Gasteiger partial charge in [0.15, 0.2) is 9.84 Å². The highest BCUT2D eigenvalue weighted by Gasteiger charge is 2.29. The van der Waals surface area contributed by atoms with E-state index >= 15 is 0 Å². The van der Waals surface area contributed by atoms with Crippen LogP contribution in [0, 0.1) is 5.92 Å². The molecule has 1 amide bonds. The van der Waals surface area contributed by atoms with Crippen LogP contribution in [0.25, 0.3) is 0 Å². The normalized spacial score (nSPS) is 16.7. The Hall–Kier alpha value is -2.31. The third kappa shape index (κ3) is 11.4. The van der Waals surface area contributed by atoms with E-state index in [1.165, 1.54) is 16.1 Å². The van der Waals surface area contributed by atoms with Crippen LogP contribution in [0.3, 0.4) is 0 Å². The van der Waals surface area contributed by atoms with Crippen LogP contribution in [0.4, 0.5) is 0 Å². The molecular formula is C31H48N4O5S2. The zero-order valence-electron chi connectivity index (χ0n) is 25.3. The van der Waals surface area contributed by atoms with Gasteiger partial charge in [0.05, 0.1) is 17.2 Å². The van der Waals surface area contributed by atoms with Gasteiger partial charge in [-0.3, -0.25) is 4.79 Å². The molecule has 0 bridgehead atoms. The molecule has 2 unspecified atom stereocenters. The van der Waals surface area contributed by atoms with Crippen molar-refractivity contribution in [1.29, 1.82) is 0 Å². The molecule has 2 atom stereocenters. The Morgan fingerprint density at radius 2 is 1.57 bits per heavy atom. The Morgan fingerprint density at radius 3 is 2.26 bits per heavy atom. The summed E-state index contributed by atoms with van der Waals surface area (Å²) in [5.41, 5.74) is 2.32. The lowest BCUT2D eigenvalue weighted by atomic mass is 9.95. The predicted octanol–water partition coefficient (Wildman–Crippen LogP) is 2.72. The monoisotopic (exact) mass is 620 g/mol. The van der Waals surface area contributed by atoms with Crippen LogP contribution in [0.15, 0.2) is 59.5 Å². The molecule has 0 aliphatic carbocycles. The number of sulfonamides is 1. The topological polar surface area (TPSA) is 116 Å². The van der Waals surface area contributed by atoms with E-state index in [0.29, 0.717) is 50.0 Å². The van der Waals surface area contributed by atoms with Gasteiger partial charge in [0.1, 0.15) is 0 Å². The molecule has 3 rings (SSSR count). The molecule has 9 nitrogen and oxygen atoms in total. The first-order chi connectivity index (χ1) is 20.0. The van der Waals surface area contributed by atoms with Gasteiger partial charge in [-0.1, -0.05) is 49.4 Å². The Labute approximate surface area is 253 Å². The zero-order chi connectivity index (χ0) is 30.6. The molecule has 0 aromatic heterocycles. The highest BCUT2D eigenvalue weighted by atomic mass is 32.2. The van der Waals surface area contributed by atoms with Gasteiger partial charge in [-0.05, 0) is 81.3 Å². The summed E-state index contributed by atoms with van der Waals surface area (Å²) in [6.07, 6.45) is 5.32. The number of sulfone groups is 1. The van der Waals surface area contributed by atoms with Crippen molar-refractivity contribution >= 4 is 25.8 Å². The molecule has 1 heterocycles. The maximum absolute atomic E-state index is 12.9. The number of unbranched alkanes of at least 4 members (excludes halogenated alkanes) is 1. The van der Waals surface area contributed by atoms with E-state index in [9.17, 15) is 21.6 Å². The second-order valence-electron chi connectivity index (χ2n) is 11.4. The van der Waals surface area contributed by atoms with Crippen LogP contribution in [-0.4, -0.2) is 95.8 Å². The third-order valence-corrected chi connectivity index (χ3v) is 10.9. The average Bonchev–Trinajstić information content (AvgIpc) is 3.14. The summed E-state index contributed by atoms with van der Waals surface area (Å²) in [5, 5.41) is 6.78. The molecule has 42 heavy (non-hydrogen) atoms. The number of hydrogen-bond acceptors (Lipinski definition) is 7. The van der Waals surface area contributed by atoms with Crippen molar-refractivity contribution in [1.82, 2.24) is 19.8 Å². The average molecular weight is 621 g/mol. The number of carbonyl (C=O) groups excluding carboxylic acids is 1. The Bertz CT molecular complexity index is 1320.